The highest BCUT2D eigenvalue weighted by Crippen LogP contribution is 2.28. The van der Waals surface area contributed by atoms with Crippen molar-refractivity contribution in [1.82, 2.24) is 20.5 Å². The number of pyridine rings is 1. The Kier molecular flexibility index (Phi) is 7.70. The predicted molar refractivity (Wildman–Crippen MR) is 129 cm³/mol. The number of urea groups is 1. The summed E-state index contributed by atoms with van der Waals surface area (Å²) >= 11 is 0. The lowest BCUT2D eigenvalue weighted by molar-refractivity contribution is 0.159. The van der Waals surface area contributed by atoms with Gasteiger partial charge in [0.25, 0.3) is 0 Å². The number of aliphatic imine (C=N–C) groups is 1. The van der Waals surface area contributed by atoms with E-state index in [1.165, 1.54) is 5.56 Å². The average Bonchev–Trinajstić information content (AvgIpc) is 3.44. The molecule has 4 N–H and O–H groups in total. The number of nitrogens with zero attached hydrogens (tertiary/aromatic N) is 3. The molecule has 2 atom stereocenters. The van der Waals surface area contributed by atoms with Gasteiger partial charge in [-0.1, -0.05) is 30.3 Å². The summed E-state index contributed by atoms with van der Waals surface area (Å²) in [4.78, 5) is 24.2. The maximum Gasteiger partial charge on any atom is 0.320 e. The molecule has 0 bridgehead atoms. The van der Waals surface area contributed by atoms with Crippen LogP contribution < -0.4 is 16.4 Å². The summed E-state index contributed by atoms with van der Waals surface area (Å²) in [6.07, 6.45) is 5.95. The molecule has 8 heteroatoms. The van der Waals surface area contributed by atoms with E-state index in [4.69, 9.17) is 10.5 Å². The molecule has 33 heavy (non-hydrogen) atoms. The Hall–Kier alpha value is -3.23. The first-order valence-corrected chi connectivity index (χ1v) is 11.4. The summed E-state index contributed by atoms with van der Waals surface area (Å²) in [6, 6.07) is 13.7. The first kappa shape index (κ1) is 22.9. The van der Waals surface area contributed by atoms with Crippen LogP contribution in [0.4, 0.5) is 10.5 Å². The van der Waals surface area contributed by atoms with Crippen molar-refractivity contribution in [3.63, 3.8) is 0 Å². The molecule has 8 nitrogen and oxygen atoms in total. The van der Waals surface area contributed by atoms with Crippen LogP contribution in [0.15, 0.2) is 71.1 Å². The molecule has 174 valence electrons. The highest BCUT2D eigenvalue weighted by molar-refractivity contribution is 6.09. The fourth-order valence-electron chi connectivity index (χ4n) is 4.54. The van der Waals surface area contributed by atoms with Crippen molar-refractivity contribution in [2.24, 2.45) is 10.7 Å². The number of hydrogen-bond donors (Lipinski definition) is 3. The van der Waals surface area contributed by atoms with Gasteiger partial charge in [-0.15, -0.1) is 0 Å². The van der Waals surface area contributed by atoms with Crippen molar-refractivity contribution in [1.29, 1.82) is 0 Å². The van der Waals surface area contributed by atoms with Crippen LogP contribution in [-0.4, -0.2) is 61.1 Å². The number of methoxy groups -OCH3 is 1. The second-order valence-electron chi connectivity index (χ2n) is 8.50. The fraction of sp³-hybridized carbons (Fsp3) is 0.400. The van der Waals surface area contributed by atoms with Crippen LogP contribution in [0.5, 0.6) is 0 Å². The zero-order chi connectivity index (χ0) is 23.0. The van der Waals surface area contributed by atoms with E-state index in [9.17, 15) is 4.79 Å². The van der Waals surface area contributed by atoms with Gasteiger partial charge in [0.2, 0.25) is 0 Å². The normalized spacial score (nSPS) is 21.4. The molecule has 0 unspecified atom stereocenters. The number of carbonyl (C=O) groups is 1. The number of allylic oxidation sites excluding steroid dienone is 1. The first-order valence-electron chi connectivity index (χ1n) is 11.4. The molecular formula is C25H32N6O2. The Morgan fingerprint density at radius 3 is 2.67 bits per heavy atom. The Balaban J connectivity index is 1.50. The van der Waals surface area contributed by atoms with E-state index in [-0.39, 0.29) is 18.0 Å². The monoisotopic (exact) mass is 448 g/mol. The summed E-state index contributed by atoms with van der Waals surface area (Å²) in [6.45, 7) is 3.13. The number of ether oxygens (including phenoxy) is 1. The maximum atomic E-state index is 13.1. The van der Waals surface area contributed by atoms with Crippen molar-refractivity contribution in [2.45, 2.75) is 31.2 Å². The number of nitrogens with two attached hydrogens (primary N) is 1. The molecule has 1 aliphatic heterocycles. The van der Waals surface area contributed by atoms with Crippen molar-refractivity contribution in [3.05, 3.63) is 71.7 Å². The summed E-state index contributed by atoms with van der Waals surface area (Å²) in [5, 5.41) is 6.19. The molecule has 1 aromatic carbocycles. The van der Waals surface area contributed by atoms with Crippen molar-refractivity contribution in [3.8, 4) is 0 Å². The Morgan fingerprint density at radius 1 is 1.18 bits per heavy atom. The van der Waals surface area contributed by atoms with E-state index in [2.05, 4.69) is 37.6 Å². The third kappa shape index (κ3) is 5.97. The van der Waals surface area contributed by atoms with Gasteiger partial charge in [0.15, 0.2) is 0 Å². The van der Waals surface area contributed by atoms with Crippen LogP contribution in [0, 0.1) is 0 Å². The second-order valence-corrected chi connectivity index (χ2v) is 8.50. The number of hydrogen-bond acceptors (Lipinski definition) is 6. The minimum absolute atomic E-state index is 0.0265. The van der Waals surface area contributed by atoms with Gasteiger partial charge in [0, 0.05) is 56.3 Å². The summed E-state index contributed by atoms with van der Waals surface area (Å²) in [7, 11) is 1.71. The van der Waals surface area contributed by atoms with Crippen LogP contribution in [0.2, 0.25) is 0 Å². The number of nitrogens with one attached hydrogen (secondary N) is 2. The van der Waals surface area contributed by atoms with Crippen LogP contribution >= 0.6 is 0 Å². The average molecular weight is 449 g/mol. The molecule has 0 radical (unpaired) electrons. The lowest BCUT2D eigenvalue weighted by Gasteiger charge is -2.21. The van der Waals surface area contributed by atoms with E-state index in [0.29, 0.717) is 12.4 Å². The zero-order valence-electron chi connectivity index (χ0n) is 19.0. The van der Waals surface area contributed by atoms with Gasteiger partial charge < -0.3 is 15.8 Å². The largest absolute Gasteiger partial charge is 0.402 e. The quantitative estimate of drug-likeness (QED) is 0.446. The Morgan fingerprint density at radius 2 is 1.97 bits per heavy atom. The highest BCUT2D eigenvalue weighted by atomic mass is 16.5. The number of likely N-dealkylation sites (tertiary alicyclic amines) is 1. The van der Waals surface area contributed by atoms with Crippen LogP contribution in [0.3, 0.4) is 0 Å². The van der Waals surface area contributed by atoms with Gasteiger partial charge in [-0.05, 0) is 37.0 Å². The molecule has 4 rings (SSSR count). The number of aromatic nitrogens is 1. The second kappa shape index (κ2) is 11.1. The molecule has 1 aromatic heterocycles. The Labute approximate surface area is 194 Å². The van der Waals surface area contributed by atoms with Crippen LogP contribution in [0.1, 0.15) is 30.7 Å². The number of carbonyl (C=O) groups excluding carboxylic acids is 1. The van der Waals surface area contributed by atoms with E-state index in [1.807, 2.05) is 18.2 Å². The number of amides is 2. The number of amidine groups is 1. The van der Waals surface area contributed by atoms with Gasteiger partial charge in [-0.3, -0.25) is 15.2 Å². The molecular weight excluding hydrogens is 416 g/mol. The van der Waals surface area contributed by atoms with Crippen molar-refractivity contribution >= 4 is 17.6 Å². The standard InChI is InChI=1S/C25H32N6O2/c1-33-15-14-31-16-21(18-6-3-2-4-7-18)23(17-31)29-25(32)30-24(20-8-5-9-22(20)26)28-19-10-12-27-13-11-19/h2-4,6-7,10-13,21,23H,5,8-9,14-17,26H2,1H3,(H2,27,28,29,30,32)/t21-,23+/m0/s1. The van der Waals surface area contributed by atoms with Crippen LogP contribution in [0.25, 0.3) is 0 Å². The molecule has 1 saturated heterocycles. The molecule has 2 heterocycles. The minimum Gasteiger partial charge on any atom is -0.402 e. The zero-order valence-corrected chi connectivity index (χ0v) is 19.0. The van der Waals surface area contributed by atoms with Crippen molar-refractivity contribution < 1.29 is 9.53 Å². The van der Waals surface area contributed by atoms with Crippen molar-refractivity contribution in [2.75, 3.05) is 33.4 Å². The van der Waals surface area contributed by atoms with Gasteiger partial charge in [0.05, 0.1) is 18.3 Å². The van der Waals surface area contributed by atoms with Gasteiger partial charge >= 0.3 is 6.03 Å². The molecule has 1 fully saturated rings. The molecule has 2 aliphatic rings. The summed E-state index contributed by atoms with van der Waals surface area (Å²) in [5.74, 6) is 0.712. The van der Waals surface area contributed by atoms with E-state index < -0.39 is 0 Å². The third-order valence-corrected chi connectivity index (χ3v) is 6.23. The molecule has 1 aliphatic carbocycles. The summed E-state index contributed by atoms with van der Waals surface area (Å²) < 4.78 is 5.26. The van der Waals surface area contributed by atoms with E-state index in [0.717, 1.165) is 55.9 Å². The number of rotatable bonds is 7. The van der Waals surface area contributed by atoms with E-state index in [1.54, 1.807) is 31.6 Å². The smallest absolute Gasteiger partial charge is 0.320 e. The minimum atomic E-state index is -0.269. The Bertz CT molecular complexity index is 992. The maximum absolute atomic E-state index is 13.1. The molecule has 0 saturated carbocycles. The highest BCUT2D eigenvalue weighted by Gasteiger charge is 2.35. The third-order valence-electron chi connectivity index (χ3n) is 6.23. The molecule has 0 spiro atoms. The fourth-order valence-corrected chi connectivity index (χ4v) is 4.54. The number of benzene rings is 1. The first-order chi connectivity index (χ1) is 16.1. The summed E-state index contributed by atoms with van der Waals surface area (Å²) in [5.41, 5.74) is 9.87. The lowest BCUT2D eigenvalue weighted by Crippen LogP contribution is -2.47. The molecule has 2 aromatic rings. The van der Waals surface area contributed by atoms with Crippen LogP contribution in [-0.2, 0) is 4.74 Å². The predicted octanol–water partition coefficient (Wildman–Crippen LogP) is 2.92. The molecule has 2 amide bonds. The SMILES string of the molecule is COCCN1C[C@@H](NC(=O)NC(=Nc2ccncc2)C2=C(N)CCC2)[C@H](c2ccccc2)C1. The van der Waals surface area contributed by atoms with Gasteiger partial charge in [-0.2, -0.15) is 0 Å². The lowest BCUT2D eigenvalue weighted by atomic mass is 9.94. The topological polar surface area (TPSA) is 105 Å². The van der Waals surface area contributed by atoms with Gasteiger partial charge in [0.1, 0.15) is 5.84 Å². The van der Waals surface area contributed by atoms with Gasteiger partial charge in [-0.25, -0.2) is 9.79 Å². The van der Waals surface area contributed by atoms with E-state index >= 15 is 0 Å².